The van der Waals surface area contributed by atoms with Gasteiger partial charge in [-0.3, -0.25) is 0 Å². The summed E-state index contributed by atoms with van der Waals surface area (Å²) in [5, 5.41) is 0. The molecule has 0 unspecified atom stereocenters. The summed E-state index contributed by atoms with van der Waals surface area (Å²) >= 11 is 0. The molecule has 0 spiro atoms. The molecule has 24 heavy (non-hydrogen) atoms. The van der Waals surface area contributed by atoms with Gasteiger partial charge in [-0.15, -0.1) is 0 Å². The van der Waals surface area contributed by atoms with Gasteiger partial charge in [0.15, 0.2) is 0 Å². The van der Waals surface area contributed by atoms with E-state index in [1.54, 1.807) is 6.92 Å². The monoisotopic (exact) mass is 342 g/mol. The van der Waals surface area contributed by atoms with Crippen LogP contribution in [0.1, 0.15) is 144 Å². The topological polar surface area (TPSA) is 17.1 Å². The van der Waals surface area contributed by atoms with Gasteiger partial charge in [-0.2, -0.15) is 0 Å². The van der Waals surface area contributed by atoms with Crippen molar-refractivity contribution in [3.05, 3.63) is 0 Å². The summed E-state index contributed by atoms with van der Waals surface area (Å²) < 4.78 is 0. The molecule has 0 heterocycles. The van der Waals surface area contributed by atoms with E-state index in [2.05, 4.69) is 20.8 Å². The van der Waals surface area contributed by atoms with Crippen molar-refractivity contribution in [1.29, 1.82) is 0 Å². The largest absolute Gasteiger partial charge is 0.300 e. The first-order valence-corrected chi connectivity index (χ1v) is 11.2. The number of rotatable bonds is 15. The third kappa shape index (κ3) is 37.7. The Bertz CT molecular complexity index is 198. The number of carbonyl (C=O) groups is 1. The first-order valence-electron chi connectivity index (χ1n) is 11.2. The first-order chi connectivity index (χ1) is 11.7. The summed E-state index contributed by atoms with van der Waals surface area (Å²) in [6, 6.07) is 0. The van der Waals surface area contributed by atoms with Crippen molar-refractivity contribution < 1.29 is 4.79 Å². The average molecular weight is 343 g/mol. The SMILES string of the molecule is CC.CCC.CCCCCCCCCCCCCCCCC(C)=O. The zero-order chi connectivity index (χ0) is 18.9. The van der Waals surface area contributed by atoms with Crippen LogP contribution in [-0.4, -0.2) is 5.78 Å². The molecule has 0 radical (unpaired) electrons. The van der Waals surface area contributed by atoms with Crippen LogP contribution in [0.3, 0.4) is 0 Å². The lowest BCUT2D eigenvalue weighted by molar-refractivity contribution is -0.117. The van der Waals surface area contributed by atoms with E-state index in [0.717, 1.165) is 12.8 Å². The summed E-state index contributed by atoms with van der Waals surface area (Å²) in [5.41, 5.74) is 0. The fourth-order valence-corrected chi connectivity index (χ4v) is 2.57. The molecule has 0 aliphatic rings. The van der Waals surface area contributed by atoms with E-state index in [9.17, 15) is 4.79 Å². The number of Topliss-reactive ketones (excluding diaryl/α,β-unsaturated/α-hetero) is 1. The minimum Gasteiger partial charge on any atom is -0.300 e. The van der Waals surface area contributed by atoms with Crippen molar-refractivity contribution in [2.24, 2.45) is 0 Å². The molecule has 0 bridgehead atoms. The van der Waals surface area contributed by atoms with Gasteiger partial charge in [0.25, 0.3) is 0 Å². The minimum absolute atomic E-state index is 0.346. The molecule has 0 aromatic carbocycles. The molecule has 148 valence electrons. The zero-order valence-electron chi connectivity index (χ0n) is 18.2. The quantitative estimate of drug-likeness (QED) is 0.271. The van der Waals surface area contributed by atoms with Crippen molar-refractivity contribution in [2.75, 3.05) is 0 Å². The minimum atomic E-state index is 0.346. The van der Waals surface area contributed by atoms with E-state index in [4.69, 9.17) is 0 Å². The average Bonchev–Trinajstić information content (AvgIpc) is 2.57. The van der Waals surface area contributed by atoms with Crippen molar-refractivity contribution in [2.45, 2.75) is 144 Å². The fourth-order valence-electron chi connectivity index (χ4n) is 2.57. The number of carbonyl (C=O) groups excluding carboxylic acids is 1. The van der Waals surface area contributed by atoms with Gasteiger partial charge in [0, 0.05) is 6.42 Å². The van der Waals surface area contributed by atoms with Crippen molar-refractivity contribution >= 4 is 5.78 Å². The Morgan fingerprint density at radius 3 is 1.04 bits per heavy atom. The van der Waals surface area contributed by atoms with Gasteiger partial charge < -0.3 is 4.79 Å². The molecular weight excluding hydrogens is 292 g/mol. The highest BCUT2D eigenvalue weighted by atomic mass is 16.1. The van der Waals surface area contributed by atoms with E-state index < -0.39 is 0 Å². The van der Waals surface area contributed by atoms with Crippen LogP contribution in [0.15, 0.2) is 0 Å². The smallest absolute Gasteiger partial charge is 0.129 e. The maximum absolute atomic E-state index is 10.8. The number of ketones is 1. The van der Waals surface area contributed by atoms with Crippen LogP contribution >= 0.6 is 0 Å². The van der Waals surface area contributed by atoms with E-state index in [0.29, 0.717) is 5.78 Å². The summed E-state index contributed by atoms with van der Waals surface area (Å²) in [6.45, 7) is 12.2. The summed E-state index contributed by atoms with van der Waals surface area (Å²) in [5.74, 6) is 0.346. The maximum atomic E-state index is 10.8. The normalized spacial score (nSPS) is 9.58. The van der Waals surface area contributed by atoms with Crippen molar-refractivity contribution in [1.82, 2.24) is 0 Å². The lowest BCUT2D eigenvalue weighted by atomic mass is 10.0. The molecular formula is C23H50O. The van der Waals surface area contributed by atoms with Gasteiger partial charge in [-0.25, -0.2) is 0 Å². The van der Waals surface area contributed by atoms with Crippen LogP contribution in [0.5, 0.6) is 0 Å². The van der Waals surface area contributed by atoms with Gasteiger partial charge in [0.05, 0.1) is 0 Å². The highest BCUT2D eigenvalue weighted by molar-refractivity contribution is 5.75. The van der Waals surface area contributed by atoms with Crippen LogP contribution < -0.4 is 0 Å². The fraction of sp³-hybridized carbons (Fsp3) is 0.957. The summed E-state index contributed by atoms with van der Waals surface area (Å²) in [6.07, 6.45) is 21.3. The Morgan fingerprint density at radius 2 is 0.792 bits per heavy atom. The lowest BCUT2D eigenvalue weighted by Gasteiger charge is -2.02. The van der Waals surface area contributed by atoms with E-state index in [1.807, 2.05) is 13.8 Å². The van der Waals surface area contributed by atoms with Gasteiger partial charge >= 0.3 is 0 Å². The van der Waals surface area contributed by atoms with Crippen LogP contribution in [0.2, 0.25) is 0 Å². The molecule has 0 saturated heterocycles. The molecule has 0 atom stereocenters. The third-order valence-corrected chi connectivity index (χ3v) is 3.88. The van der Waals surface area contributed by atoms with Crippen LogP contribution in [-0.2, 0) is 4.79 Å². The molecule has 0 fully saturated rings. The standard InChI is InChI=1S/C18H36O.C3H8.C2H6/c1-3-4-5-6-7-8-9-10-11-12-13-14-15-16-17-18(2)19;1-3-2;1-2/h3-17H2,1-2H3;3H2,1-2H3;1-2H3. The second kappa shape index (κ2) is 30.5. The second-order valence-electron chi connectivity index (χ2n) is 6.76. The Kier molecular flexibility index (Phi) is 36.2. The lowest BCUT2D eigenvalue weighted by Crippen LogP contribution is -1.89. The Hall–Kier alpha value is -0.330. The van der Waals surface area contributed by atoms with Gasteiger partial charge in [0.2, 0.25) is 0 Å². The van der Waals surface area contributed by atoms with Gasteiger partial charge in [0.1, 0.15) is 5.78 Å². The number of hydrogen-bond acceptors (Lipinski definition) is 1. The van der Waals surface area contributed by atoms with Crippen LogP contribution in [0.4, 0.5) is 0 Å². The first kappa shape index (κ1) is 28.5. The maximum Gasteiger partial charge on any atom is 0.129 e. The highest BCUT2D eigenvalue weighted by Gasteiger charge is 1.95. The van der Waals surface area contributed by atoms with E-state index in [-0.39, 0.29) is 0 Å². The van der Waals surface area contributed by atoms with Gasteiger partial charge in [-0.05, 0) is 13.3 Å². The molecule has 0 aliphatic heterocycles. The molecule has 0 rings (SSSR count). The molecule has 0 saturated carbocycles. The van der Waals surface area contributed by atoms with Crippen molar-refractivity contribution in [3.63, 3.8) is 0 Å². The van der Waals surface area contributed by atoms with E-state index >= 15 is 0 Å². The predicted octanol–water partition coefficient (Wildman–Crippen LogP) is 8.89. The van der Waals surface area contributed by atoms with E-state index in [1.165, 1.54) is 89.9 Å². The summed E-state index contributed by atoms with van der Waals surface area (Å²) in [7, 11) is 0. The second-order valence-corrected chi connectivity index (χ2v) is 6.76. The van der Waals surface area contributed by atoms with Crippen LogP contribution in [0, 0.1) is 0 Å². The number of hydrogen-bond donors (Lipinski definition) is 0. The Balaban J connectivity index is -0.000000786. The van der Waals surface area contributed by atoms with Crippen molar-refractivity contribution in [3.8, 4) is 0 Å². The molecule has 0 aromatic rings. The third-order valence-electron chi connectivity index (χ3n) is 3.88. The Labute approximate surface area is 155 Å². The number of unbranched alkanes of at least 4 members (excludes halogenated alkanes) is 13. The predicted molar refractivity (Wildman–Crippen MR) is 113 cm³/mol. The highest BCUT2D eigenvalue weighted by Crippen LogP contribution is 2.13. The molecule has 0 N–H and O–H groups in total. The molecule has 1 nitrogen and oxygen atoms in total. The molecule has 0 aliphatic carbocycles. The molecule has 0 aromatic heterocycles. The zero-order valence-corrected chi connectivity index (χ0v) is 18.2. The molecule has 0 amide bonds. The summed E-state index contributed by atoms with van der Waals surface area (Å²) in [4.78, 5) is 10.8. The molecule has 1 heteroatoms. The van der Waals surface area contributed by atoms with Gasteiger partial charge in [-0.1, -0.05) is 125 Å². The Morgan fingerprint density at radius 1 is 0.542 bits per heavy atom. The van der Waals surface area contributed by atoms with Crippen LogP contribution in [0.25, 0.3) is 0 Å².